The zero-order valence-corrected chi connectivity index (χ0v) is 15.9. The molecule has 1 aliphatic rings. The van der Waals surface area contributed by atoms with Crippen molar-refractivity contribution in [3.8, 4) is 5.75 Å². The van der Waals surface area contributed by atoms with Gasteiger partial charge in [-0.05, 0) is 51.0 Å². The average molecular weight is 382 g/mol. The van der Waals surface area contributed by atoms with Gasteiger partial charge in [-0.2, -0.15) is 0 Å². The average Bonchev–Trinajstić information content (AvgIpc) is 3.15. The molecule has 0 radical (unpaired) electrons. The third-order valence-electron chi connectivity index (χ3n) is 4.49. The van der Waals surface area contributed by atoms with E-state index in [0.717, 1.165) is 37.4 Å². The number of carbonyl (C=O) groups is 1. The molecule has 0 amide bonds. The van der Waals surface area contributed by atoms with Gasteiger partial charge in [0.05, 0.1) is 6.10 Å². The maximum Gasteiger partial charge on any atom is 0.202 e. The predicted octanol–water partition coefficient (Wildman–Crippen LogP) is 4.85. The van der Waals surface area contributed by atoms with E-state index < -0.39 is 0 Å². The van der Waals surface area contributed by atoms with Gasteiger partial charge < -0.3 is 14.0 Å². The van der Waals surface area contributed by atoms with Crippen LogP contribution >= 0.6 is 23.2 Å². The van der Waals surface area contributed by atoms with Gasteiger partial charge in [0.25, 0.3) is 0 Å². The Labute approximate surface area is 157 Å². The Bertz CT molecular complexity index is 759. The van der Waals surface area contributed by atoms with Gasteiger partial charge in [-0.3, -0.25) is 4.79 Å². The van der Waals surface area contributed by atoms with Crippen molar-refractivity contribution in [1.82, 2.24) is 4.57 Å². The molecular weight excluding hydrogens is 361 g/mol. The first kappa shape index (κ1) is 18.3. The Morgan fingerprint density at radius 2 is 1.96 bits per heavy atom. The van der Waals surface area contributed by atoms with Crippen LogP contribution in [-0.2, 0) is 11.3 Å². The van der Waals surface area contributed by atoms with E-state index in [4.69, 9.17) is 32.7 Å². The van der Waals surface area contributed by atoms with Crippen molar-refractivity contribution in [3.63, 3.8) is 0 Å². The zero-order valence-electron chi connectivity index (χ0n) is 14.4. The third-order valence-corrected chi connectivity index (χ3v) is 4.93. The topological polar surface area (TPSA) is 40.5 Å². The highest BCUT2D eigenvalue weighted by atomic mass is 35.5. The van der Waals surface area contributed by atoms with Gasteiger partial charge in [-0.1, -0.05) is 23.2 Å². The number of ketones is 1. The van der Waals surface area contributed by atoms with Gasteiger partial charge in [-0.15, -0.1) is 0 Å². The number of aromatic nitrogens is 1. The smallest absolute Gasteiger partial charge is 0.202 e. The van der Waals surface area contributed by atoms with Crippen molar-refractivity contribution in [2.24, 2.45) is 0 Å². The fourth-order valence-corrected chi connectivity index (χ4v) is 3.70. The van der Waals surface area contributed by atoms with Gasteiger partial charge in [0.15, 0.2) is 6.61 Å². The maximum absolute atomic E-state index is 12.6. The molecule has 1 aliphatic heterocycles. The molecule has 3 rings (SSSR count). The number of rotatable bonds is 6. The summed E-state index contributed by atoms with van der Waals surface area (Å²) in [6.45, 7) is 5.53. The van der Waals surface area contributed by atoms with Crippen molar-refractivity contribution >= 4 is 29.0 Å². The van der Waals surface area contributed by atoms with Gasteiger partial charge >= 0.3 is 0 Å². The van der Waals surface area contributed by atoms with Crippen molar-refractivity contribution < 1.29 is 14.3 Å². The second kappa shape index (κ2) is 7.81. The largest absolute Gasteiger partial charge is 0.485 e. The van der Waals surface area contributed by atoms with Crippen molar-refractivity contribution in [2.75, 3.05) is 13.2 Å². The van der Waals surface area contributed by atoms with Gasteiger partial charge in [-0.25, -0.2) is 0 Å². The van der Waals surface area contributed by atoms with Crippen LogP contribution in [-0.4, -0.2) is 29.7 Å². The van der Waals surface area contributed by atoms with Crippen molar-refractivity contribution in [2.45, 2.75) is 39.3 Å². The molecule has 25 heavy (non-hydrogen) atoms. The Hall–Kier alpha value is -1.49. The predicted molar refractivity (Wildman–Crippen MR) is 99.2 cm³/mol. The van der Waals surface area contributed by atoms with E-state index in [2.05, 4.69) is 4.57 Å². The summed E-state index contributed by atoms with van der Waals surface area (Å²) >= 11 is 11.9. The summed E-state index contributed by atoms with van der Waals surface area (Å²) < 4.78 is 13.4. The third kappa shape index (κ3) is 4.38. The Morgan fingerprint density at radius 1 is 1.24 bits per heavy atom. The fourth-order valence-electron chi connectivity index (χ4n) is 3.19. The van der Waals surface area contributed by atoms with E-state index in [1.165, 1.54) is 0 Å². The molecule has 0 aliphatic carbocycles. The summed E-state index contributed by atoms with van der Waals surface area (Å²) in [6.07, 6.45) is 2.41. The van der Waals surface area contributed by atoms with Crippen LogP contribution in [0.2, 0.25) is 10.0 Å². The van der Waals surface area contributed by atoms with E-state index in [1.54, 1.807) is 18.2 Å². The van der Waals surface area contributed by atoms with Gasteiger partial charge in [0, 0.05) is 40.1 Å². The quantitative estimate of drug-likeness (QED) is 0.671. The molecule has 1 aromatic heterocycles. The lowest BCUT2D eigenvalue weighted by atomic mass is 10.1. The molecular formula is C19H21Cl2NO3. The SMILES string of the molecule is Cc1cc(C(=O)COc2cc(Cl)cc(Cl)c2)c(C)n1C[C@@H]1CCCO1. The molecule has 1 saturated heterocycles. The lowest BCUT2D eigenvalue weighted by Crippen LogP contribution is -2.18. The molecule has 0 saturated carbocycles. The number of carbonyl (C=O) groups excluding carboxylic acids is 1. The minimum atomic E-state index is -0.0669. The fraction of sp³-hybridized carbons (Fsp3) is 0.421. The molecule has 1 atom stereocenters. The second-order valence-corrected chi connectivity index (χ2v) is 7.22. The number of ether oxygens (including phenoxy) is 2. The molecule has 0 N–H and O–H groups in total. The van der Waals surface area contributed by atoms with E-state index in [-0.39, 0.29) is 18.5 Å². The molecule has 2 heterocycles. The minimum absolute atomic E-state index is 0.0547. The molecule has 134 valence electrons. The Kier molecular flexibility index (Phi) is 5.72. The second-order valence-electron chi connectivity index (χ2n) is 6.35. The molecule has 0 spiro atoms. The van der Waals surface area contributed by atoms with Crippen molar-refractivity contribution in [1.29, 1.82) is 0 Å². The molecule has 0 unspecified atom stereocenters. The first-order valence-corrected chi connectivity index (χ1v) is 9.10. The summed E-state index contributed by atoms with van der Waals surface area (Å²) in [5, 5.41) is 0.953. The summed E-state index contributed by atoms with van der Waals surface area (Å²) in [5.41, 5.74) is 2.69. The first-order valence-electron chi connectivity index (χ1n) is 8.34. The number of benzene rings is 1. The normalized spacial score (nSPS) is 17.0. The standard InChI is InChI=1S/C19H21Cl2NO3/c1-12-6-18(13(2)22(12)10-16-4-3-5-24-16)19(23)11-25-17-8-14(20)7-15(21)9-17/h6-9,16H,3-5,10-11H2,1-2H3/t16-/m0/s1. The first-order chi connectivity index (χ1) is 11.9. The molecule has 1 fully saturated rings. The highest BCUT2D eigenvalue weighted by molar-refractivity contribution is 6.34. The number of hydrogen-bond donors (Lipinski definition) is 0. The van der Waals surface area contributed by atoms with Gasteiger partial charge in [0.1, 0.15) is 5.75 Å². The van der Waals surface area contributed by atoms with E-state index in [1.807, 2.05) is 19.9 Å². The van der Waals surface area contributed by atoms with Crippen LogP contribution in [0.3, 0.4) is 0 Å². The number of hydrogen-bond acceptors (Lipinski definition) is 3. The van der Waals surface area contributed by atoms with Gasteiger partial charge in [0.2, 0.25) is 5.78 Å². The molecule has 0 bridgehead atoms. The van der Waals surface area contributed by atoms with Crippen LogP contribution in [0.25, 0.3) is 0 Å². The van der Waals surface area contributed by atoms with Crippen LogP contribution in [0.4, 0.5) is 0 Å². The van der Waals surface area contributed by atoms with E-state index in [0.29, 0.717) is 21.4 Å². The highest BCUT2D eigenvalue weighted by Gasteiger charge is 2.21. The van der Waals surface area contributed by atoms with Crippen LogP contribution in [0.15, 0.2) is 24.3 Å². The molecule has 1 aromatic carbocycles. The number of Topliss-reactive ketones (excluding diaryl/α,β-unsaturated/α-hetero) is 1. The van der Waals surface area contributed by atoms with E-state index in [9.17, 15) is 4.79 Å². The molecule has 4 nitrogen and oxygen atoms in total. The summed E-state index contributed by atoms with van der Waals surface area (Å²) in [7, 11) is 0. The highest BCUT2D eigenvalue weighted by Crippen LogP contribution is 2.25. The minimum Gasteiger partial charge on any atom is -0.485 e. The summed E-state index contributed by atoms with van der Waals surface area (Å²) in [6, 6.07) is 6.82. The lowest BCUT2D eigenvalue weighted by Gasteiger charge is -2.14. The number of nitrogens with zero attached hydrogens (tertiary/aromatic N) is 1. The monoisotopic (exact) mass is 381 g/mol. The van der Waals surface area contributed by atoms with E-state index >= 15 is 0 Å². The molecule has 6 heteroatoms. The summed E-state index contributed by atoms with van der Waals surface area (Å²) in [4.78, 5) is 12.6. The zero-order chi connectivity index (χ0) is 18.0. The van der Waals surface area contributed by atoms with Crippen LogP contribution in [0.1, 0.15) is 34.6 Å². The van der Waals surface area contributed by atoms with Crippen molar-refractivity contribution in [3.05, 3.63) is 51.3 Å². The Balaban J connectivity index is 1.69. The number of aryl methyl sites for hydroxylation is 1. The lowest BCUT2D eigenvalue weighted by molar-refractivity contribution is 0.0914. The Morgan fingerprint density at radius 3 is 2.60 bits per heavy atom. The van der Waals surface area contributed by atoms with Crippen LogP contribution < -0.4 is 4.74 Å². The van der Waals surface area contributed by atoms with Crippen LogP contribution in [0.5, 0.6) is 5.75 Å². The summed E-state index contributed by atoms with van der Waals surface area (Å²) in [5.74, 6) is 0.418. The molecule has 2 aromatic rings. The number of halogens is 2. The maximum atomic E-state index is 12.6. The van der Waals surface area contributed by atoms with Crippen LogP contribution in [0, 0.1) is 13.8 Å².